The van der Waals surface area contributed by atoms with Crippen molar-refractivity contribution in [3.8, 4) is 0 Å². The minimum atomic E-state index is -0.448. The summed E-state index contributed by atoms with van der Waals surface area (Å²) in [6.45, 7) is 7.13. The topological polar surface area (TPSA) is 64.4 Å². The Bertz CT molecular complexity index is 227. The van der Waals surface area contributed by atoms with E-state index in [2.05, 4.69) is 5.32 Å². The van der Waals surface area contributed by atoms with Gasteiger partial charge >= 0.3 is 0 Å². The van der Waals surface area contributed by atoms with Gasteiger partial charge in [0.2, 0.25) is 5.91 Å². The van der Waals surface area contributed by atoms with Crippen LogP contribution in [0.4, 0.5) is 0 Å². The van der Waals surface area contributed by atoms with Crippen LogP contribution < -0.4 is 11.1 Å². The molecule has 0 bridgehead atoms. The van der Waals surface area contributed by atoms with Gasteiger partial charge in [-0.15, -0.1) is 0 Å². The van der Waals surface area contributed by atoms with Crippen LogP contribution in [0, 0.1) is 0 Å². The first-order chi connectivity index (χ1) is 6.81. The van der Waals surface area contributed by atoms with E-state index < -0.39 is 5.54 Å². The van der Waals surface area contributed by atoms with Gasteiger partial charge in [-0.1, -0.05) is 0 Å². The predicted octanol–water partition coefficient (Wildman–Crippen LogP) is 0.799. The first-order valence-corrected chi connectivity index (χ1v) is 5.48. The Morgan fingerprint density at radius 3 is 2.73 bits per heavy atom. The second-order valence-corrected chi connectivity index (χ2v) is 5.43. The van der Waals surface area contributed by atoms with Crippen molar-refractivity contribution in [3.63, 3.8) is 0 Å². The number of hydrogen-bond donors (Lipinski definition) is 2. The van der Waals surface area contributed by atoms with Crippen molar-refractivity contribution >= 4 is 5.91 Å². The maximum absolute atomic E-state index is 11.7. The first kappa shape index (κ1) is 12.5. The number of amides is 1. The number of nitrogens with two attached hydrogens (primary N) is 1. The van der Waals surface area contributed by atoms with E-state index in [0.717, 1.165) is 19.4 Å². The van der Waals surface area contributed by atoms with Crippen LogP contribution in [0.15, 0.2) is 0 Å². The smallest absolute Gasteiger partial charge is 0.222 e. The SMILES string of the molecule is CC(C)(N)CC(=O)NC1(C)CCCOC1. The molecule has 1 aliphatic heterocycles. The molecule has 1 rings (SSSR count). The molecule has 0 spiro atoms. The van der Waals surface area contributed by atoms with Gasteiger partial charge in [-0.3, -0.25) is 4.79 Å². The summed E-state index contributed by atoms with van der Waals surface area (Å²) in [5.74, 6) is 0.00972. The molecule has 4 nitrogen and oxygen atoms in total. The highest BCUT2D eigenvalue weighted by molar-refractivity contribution is 5.77. The number of carbonyl (C=O) groups is 1. The van der Waals surface area contributed by atoms with Crippen LogP contribution in [0.5, 0.6) is 0 Å². The zero-order valence-electron chi connectivity index (χ0n) is 9.93. The average molecular weight is 214 g/mol. The highest BCUT2D eigenvalue weighted by atomic mass is 16.5. The lowest BCUT2D eigenvalue weighted by atomic mass is 9.93. The molecular weight excluding hydrogens is 192 g/mol. The number of rotatable bonds is 3. The molecule has 1 aliphatic rings. The molecule has 4 heteroatoms. The summed E-state index contributed by atoms with van der Waals surface area (Å²) in [5.41, 5.74) is 5.14. The van der Waals surface area contributed by atoms with Gasteiger partial charge < -0.3 is 15.8 Å². The standard InChI is InChI=1S/C11H22N2O2/c1-10(2,12)7-9(14)13-11(3)5-4-6-15-8-11/h4-8,12H2,1-3H3,(H,13,14). The van der Waals surface area contributed by atoms with E-state index in [-0.39, 0.29) is 11.4 Å². The summed E-state index contributed by atoms with van der Waals surface area (Å²) in [5, 5.41) is 3.01. The van der Waals surface area contributed by atoms with Gasteiger partial charge in [0, 0.05) is 18.6 Å². The van der Waals surface area contributed by atoms with Crippen LogP contribution >= 0.6 is 0 Å². The molecule has 88 valence electrons. The molecule has 1 heterocycles. The number of ether oxygens (including phenoxy) is 1. The maximum Gasteiger partial charge on any atom is 0.222 e. The molecule has 3 N–H and O–H groups in total. The molecule has 1 unspecified atom stereocenters. The molecule has 15 heavy (non-hydrogen) atoms. The first-order valence-electron chi connectivity index (χ1n) is 5.48. The fourth-order valence-electron chi connectivity index (χ4n) is 1.83. The van der Waals surface area contributed by atoms with Crippen molar-refractivity contribution in [2.24, 2.45) is 5.73 Å². The van der Waals surface area contributed by atoms with Crippen molar-refractivity contribution in [1.82, 2.24) is 5.32 Å². The molecule has 0 aromatic heterocycles. The summed E-state index contributed by atoms with van der Waals surface area (Å²) in [6.07, 6.45) is 2.33. The molecule has 0 radical (unpaired) electrons. The van der Waals surface area contributed by atoms with E-state index in [1.165, 1.54) is 0 Å². The van der Waals surface area contributed by atoms with Crippen LogP contribution in [-0.4, -0.2) is 30.2 Å². The van der Waals surface area contributed by atoms with Gasteiger partial charge in [0.1, 0.15) is 0 Å². The lowest BCUT2D eigenvalue weighted by Crippen LogP contribution is -2.53. The summed E-state index contributed by atoms with van der Waals surface area (Å²) < 4.78 is 5.37. The second-order valence-electron chi connectivity index (χ2n) is 5.43. The average Bonchev–Trinajstić information content (AvgIpc) is 1.99. The highest BCUT2D eigenvalue weighted by Crippen LogP contribution is 2.18. The van der Waals surface area contributed by atoms with Crippen molar-refractivity contribution < 1.29 is 9.53 Å². The van der Waals surface area contributed by atoms with Gasteiger partial charge in [0.15, 0.2) is 0 Å². The minimum Gasteiger partial charge on any atom is -0.379 e. The van der Waals surface area contributed by atoms with Gasteiger partial charge in [-0.05, 0) is 33.6 Å². The fraction of sp³-hybridized carbons (Fsp3) is 0.909. The largest absolute Gasteiger partial charge is 0.379 e. The zero-order valence-corrected chi connectivity index (χ0v) is 9.93. The van der Waals surface area contributed by atoms with E-state index in [1.807, 2.05) is 20.8 Å². The van der Waals surface area contributed by atoms with E-state index in [4.69, 9.17) is 10.5 Å². The Labute approximate surface area is 91.5 Å². The normalized spacial score (nSPS) is 27.5. The third kappa shape index (κ3) is 4.62. The molecule has 1 amide bonds. The van der Waals surface area contributed by atoms with Crippen LogP contribution in [0.3, 0.4) is 0 Å². The fourth-order valence-corrected chi connectivity index (χ4v) is 1.83. The second kappa shape index (κ2) is 4.49. The van der Waals surface area contributed by atoms with Gasteiger partial charge in [-0.2, -0.15) is 0 Å². The van der Waals surface area contributed by atoms with Crippen LogP contribution in [0.25, 0.3) is 0 Å². The summed E-state index contributed by atoms with van der Waals surface area (Å²) >= 11 is 0. The Morgan fingerprint density at radius 2 is 2.27 bits per heavy atom. The molecular formula is C11H22N2O2. The van der Waals surface area contributed by atoms with Crippen LogP contribution in [-0.2, 0) is 9.53 Å². The summed E-state index contributed by atoms with van der Waals surface area (Å²) in [6, 6.07) is 0. The zero-order chi connectivity index (χ0) is 11.5. The lowest BCUT2D eigenvalue weighted by molar-refractivity contribution is -0.125. The molecule has 0 saturated carbocycles. The van der Waals surface area contributed by atoms with Crippen molar-refractivity contribution in [2.75, 3.05) is 13.2 Å². The van der Waals surface area contributed by atoms with Crippen LogP contribution in [0.1, 0.15) is 40.0 Å². The molecule has 1 saturated heterocycles. The number of hydrogen-bond acceptors (Lipinski definition) is 3. The van der Waals surface area contributed by atoms with Gasteiger partial charge in [-0.25, -0.2) is 0 Å². The quantitative estimate of drug-likeness (QED) is 0.730. The van der Waals surface area contributed by atoms with Crippen molar-refractivity contribution in [2.45, 2.75) is 51.1 Å². The number of carbonyl (C=O) groups excluding carboxylic acids is 1. The van der Waals surface area contributed by atoms with E-state index in [0.29, 0.717) is 13.0 Å². The summed E-state index contributed by atoms with van der Waals surface area (Å²) in [7, 11) is 0. The van der Waals surface area contributed by atoms with Gasteiger partial charge in [0.25, 0.3) is 0 Å². The number of nitrogens with one attached hydrogen (secondary N) is 1. The monoisotopic (exact) mass is 214 g/mol. The Hall–Kier alpha value is -0.610. The van der Waals surface area contributed by atoms with E-state index in [1.54, 1.807) is 0 Å². The highest BCUT2D eigenvalue weighted by Gasteiger charge is 2.30. The molecule has 0 aromatic carbocycles. The molecule has 0 aliphatic carbocycles. The van der Waals surface area contributed by atoms with E-state index in [9.17, 15) is 4.79 Å². The Morgan fingerprint density at radius 1 is 1.60 bits per heavy atom. The third-order valence-electron chi connectivity index (χ3n) is 2.50. The summed E-state index contributed by atoms with van der Waals surface area (Å²) in [4.78, 5) is 11.7. The maximum atomic E-state index is 11.7. The van der Waals surface area contributed by atoms with Crippen LogP contribution in [0.2, 0.25) is 0 Å². The predicted molar refractivity (Wildman–Crippen MR) is 59.5 cm³/mol. The third-order valence-corrected chi connectivity index (χ3v) is 2.50. The van der Waals surface area contributed by atoms with E-state index >= 15 is 0 Å². The molecule has 1 atom stereocenters. The van der Waals surface area contributed by atoms with Crippen molar-refractivity contribution in [3.05, 3.63) is 0 Å². The van der Waals surface area contributed by atoms with Gasteiger partial charge in [0.05, 0.1) is 12.1 Å². The lowest BCUT2D eigenvalue weighted by Gasteiger charge is -2.35. The minimum absolute atomic E-state index is 0.00972. The Balaban J connectivity index is 2.42. The van der Waals surface area contributed by atoms with Crippen molar-refractivity contribution in [1.29, 1.82) is 0 Å². The Kier molecular flexibility index (Phi) is 3.73. The molecule has 0 aromatic rings. The molecule has 1 fully saturated rings.